The van der Waals surface area contributed by atoms with E-state index in [1.165, 1.54) is 0 Å². The van der Waals surface area contributed by atoms with Crippen LogP contribution in [-0.2, 0) is 20.7 Å². The molecule has 0 saturated carbocycles. The van der Waals surface area contributed by atoms with E-state index in [9.17, 15) is 19.5 Å². The van der Waals surface area contributed by atoms with Crippen LogP contribution in [0.25, 0.3) is 0 Å². The first-order valence-electron chi connectivity index (χ1n) is 10.6. The van der Waals surface area contributed by atoms with Crippen LogP contribution in [0, 0.1) is 5.92 Å². The summed E-state index contributed by atoms with van der Waals surface area (Å²) in [5.74, 6) is -1.60. The number of hydrogen-bond acceptors (Lipinski definition) is 5. The molecule has 1 fully saturated rings. The van der Waals surface area contributed by atoms with Crippen molar-refractivity contribution in [2.75, 3.05) is 13.2 Å². The zero-order valence-corrected chi connectivity index (χ0v) is 17.9. The maximum atomic E-state index is 13.3. The van der Waals surface area contributed by atoms with E-state index in [2.05, 4.69) is 11.9 Å². The average Bonchev–Trinajstić information content (AvgIpc) is 3.17. The fourth-order valence-electron chi connectivity index (χ4n) is 3.83. The maximum Gasteiger partial charge on any atom is 0.416 e. The molecule has 0 spiro atoms. The van der Waals surface area contributed by atoms with Gasteiger partial charge in [0.1, 0.15) is 6.61 Å². The Morgan fingerprint density at radius 3 is 2.44 bits per heavy atom. The summed E-state index contributed by atoms with van der Waals surface area (Å²) in [6, 6.07) is 17.6. The van der Waals surface area contributed by atoms with E-state index in [4.69, 9.17) is 4.74 Å². The molecule has 1 heterocycles. The van der Waals surface area contributed by atoms with Crippen molar-refractivity contribution in [1.82, 2.24) is 10.2 Å². The van der Waals surface area contributed by atoms with Crippen LogP contribution in [0.3, 0.4) is 0 Å². The summed E-state index contributed by atoms with van der Waals surface area (Å²) < 4.78 is 5.15. The number of nitrogens with one attached hydrogen (secondary N) is 1. The Bertz CT molecular complexity index is 932. The lowest BCUT2D eigenvalue weighted by Crippen LogP contribution is -2.45. The van der Waals surface area contributed by atoms with Crippen LogP contribution in [0.4, 0.5) is 4.79 Å². The molecule has 0 radical (unpaired) electrons. The molecule has 2 N–H and O–H groups in total. The van der Waals surface area contributed by atoms with Crippen LogP contribution in [-0.4, -0.2) is 47.2 Å². The van der Waals surface area contributed by atoms with Crippen LogP contribution in [0.1, 0.15) is 30.0 Å². The van der Waals surface area contributed by atoms with E-state index in [1.807, 2.05) is 60.7 Å². The molecule has 7 heteroatoms. The maximum absolute atomic E-state index is 13.3. The van der Waals surface area contributed by atoms with Crippen molar-refractivity contribution >= 4 is 17.9 Å². The highest BCUT2D eigenvalue weighted by Gasteiger charge is 2.41. The van der Waals surface area contributed by atoms with Crippen molar-refractivity contribution in [3.05, 3.63) is 84.4 Å². The SMILES string of the molecule is C=CC[C@@H](CC(=O)N[C@@H](CO)c1ccccc1)C(=O)N1C(=O)OC[C@@H]1Cc1ccccc1. The molecule has 0 aromatic heterocycles. The van der Waals surface area contributed by atoms with Crippen LogP contribution >= 0.6 is 0 Å². The summed E-state index contributed by atoms with van der Waals surface area (Å²) in [4.78, 5) is 39.4. The predicted octanol–water partition coefficient (Wildman–Crippen LogP) is 3.01. The Morgan fingerprint density at radius 2 is 1.81 bits per heavy atom. The molecule has 3 atom stereocenters. The first-order valence-corrected chi connectivity index (χ1v) is 10.6. The van der Waals surface area contributed by atoms with E-state index >= 15 is 0 Å². The van der Waals surface area contributed by atoms with Gasteiger partial charge in [0.05, 0.1) is 24.6 Å². The van der Waals surface area contributed by atoms with Gasteiger partial charge in [-0.15, -0.1) is 6.58 Å². The molecule has 0 aliphatic carbocycles. The molecule has 0 unspecified atom stereocenters. The molecule has 168 valence electrons. The van der Waals surface area contributed by atoms with E-state index in [-0.39, 0.29) is 32.0 Å². The van der Waals surface area contributed by atoms with Gasteiger partial charge in [0, 0.05) is 6.42 Å². The molecule has 3 amide bonds. The van der Waals surface area contributed by atoms with Crippen LogP contribution in [0.2, 0.25) is 0 Å². The molecule has 2 aromatic rings. The number of carbonyl (C=O) groups is 3. The van der Waals surface area contributed by atoms with E-state index in [0.717, 1.165) is 16.0 Å². The lowest BCUT2D eigenvalue weighted by molar-refractivity contribution is -0.136. The lowest BCUT2D eigenvalue weighted by atomic mass is 9.97. The summed E-state index contributed by atoms with van der Waals surface area (Å²) in [6.07, 6.45) is 1.46. The third kappa shape index (κ3) is 5.82. The normalized spacial score (nSPS) is 17.3. The second kappa shape index (κ2) is 11.2. The molecule has 1 aliphatic rings. The summed E-state index contributed by atoms with van der Waals surface area (Å²) in [6.45, 7) is 3.54. The van der Waals surface area contributed by atoms with Crippen molar-refractivity contribution in [1.29, 1.82) is 0 Å². The number of imide groups is 1. The van der Waals surface area contributed by atoms with Gasteiger partial charge in [-0.3, -0.25) is 9.59 Å². The summed E-state index contributed by atoms with van der Waals surface area (Å²) >= 11 is 0. The first-order chi connectivity index (χ1) is 15.5. The number of hydrogen-bond donors (Lipinski definition) is 2. The van der Waals surface area contributed by atoms with Crippen molar-refractivity contribution in [2.24, 2.45) is 5.92 Å². The van der Waals surface area contributed by atoms with Gasteiger partial charge in [0.2, 0.25) is 11.8 Å². The van der Waals surface area contributed by atoms with Crippen LogP contribution < -0.4 is 5.32 Å². The Hall–Kier alpha value is -3.45. The summed E-state index contributed by atoms with van der Waals surface area (Å²) in [5.41, 5.74) is 1.75. The van der Waals surface area contributed by atoms with Crippen molar-refractivity contribution < 1.29 is 24.2 Å². The number of allylic oxidation sites excluding steroid dienone is 1. The van der Waals surface area contributed by atoms with Crippen molar-refractivity contribution in [3.63, 3.8) is 0 Å². The van der Waals surface area contributed by atoms with E-state index in [1.54, 1.807) is 6.08 Å². The molecule has 3 rings (SSSR count). The van der Waals surface area contributed by atoms with Gasteiger partial charge in [0.25, 0.3) is 0 Å². The molecule has 32 heavy (non-hydrogen) atoms. The molecule has 1 saturated heterocycles. The topological polar surface area (TPSA) is 95.9 Å². The largest absolute Gasteiger partial charge is 0.447 e. The predicted molar refractivity (Wildman–Crippen MR) is 119 cm³/mol. The molecule has 7 nitrogen and oxygen atoms in total. The molecular weight excluding hydrogens is 408 g/mol. The number of aliphatic hydroxyl groups is 1. The number of amides is 3. The number of carbonyl (C=O) groups excluding carboxylic acids is 3. The van der Waals surface area contributed by atoms with Gasteiger partial charge in [0.15, 0.2) is 0 Å². The first kappa shape index (κ1) is 23.2. The van der Waals surface area contributed by atoms with Crippen LogP contribution in [0.5, 0.6) is 0 Å². The molecular formula is C25H28N2O5. The Morgan fingerprint density at radius 1 is 1.16 bits per heavy atom. The van der Waals surface area contributed by atoms with Crippen molar-refractivity contribution in [2.45, 2.75) is 31.3 Å². The zero-order valence-electron chi connectivity index (χ0n) is 17.9. The van der Waals surface area contributed by atoms with Gasteiger partial charge in [-0.05, 0) is 24.0 Å². The minimum Gasteiger partial charge on any atom is -0.447 e. The molecule has 2 aromatic carbocycles. The highest BCUT2D eigenvalue weighted by molar-refractivity contribution is 5.96. The zero-order chi connectivity index (χ0) is 22.9. The molecule has 1 aliphatic heterocycles. The number of rotatable bonds is 10. The number of cyclic esters (lactones) is 1. The third-order valence-electron chi connectivity index (χ3n) is 5.46. The van der Waals surface area contributed by atoms with Gasteiger partial charge >= 0.3 is 6.09 Å². The highest BCUT2D eigenvalue weighted by atomic mass is 16.6. The highest BCUT2D eigenvalue weighted by Crippen LogP contribution is 2.23. The smallest absolute Gasteiger partial charge is 0.416 e. The van der Waals surface area contributed by atoms with Crippen LogP contribution in [0.15, 0.2) is 73.3 Å². The quantitative estimate of drug-likeness (QED) is 0.558. The van der Waals surface area contributed by atoms with E-state index < -0.39 is 30.0 Å². The number of ether oxygens (including phenoxy) is 1. The Balaban J connectivity index is 1.69. The third-order valence-corrected chi connectivity index (χ3v) is 5.46. The number of aliphatic hydroxyl groups excluding tert-OH is 1. The average molecular weight is 437 g/mol. The van der Waals surface area contributed by atoms with Gasteiger partial charge in [-0.25, -0.2) is 9.69 Å². The molecule has 0 bridgehead atoms. The van der Waals surface area contributed by atoms with Crippen molar-refractivity contribution in [3.8, 4) is 0 Å². The van der Waals surface area contributed by atoms with Gasteiger partial charge in [-0.1, -0.05) is 66.7 Å². The Kier molecular flexibility index (Phi) is 8.16. The minimum atomic E-state index is -0.758. The summed E-state index contributed by atoms with van der Waals surface area (Å²) in [5, 5.41) is 12.5. The Labute approximate surface area is 187 Å². The fraction of sp³-hybridized carbons (Fsp3) is 0.320. The van der Waals surface area contributed by atoms with Gasteiger partial charge in [-0.2, -0.15) is 0 Å². The second-order valence-electron chi connectivity index (χ2n) is 7.77. The second-order valence-corrected chi connectivity index (χ2v) is 7.77. The number of nitrogens with zero attached hydrogens (tertiary/aromatic N) is 1. The van der Waals surface area contributed by atoms with Gasteiger partial charge < -0.3 is 15.2 Å². The summed E-state index contributed by atoms with van der Waals surface area (Å²) in [7, 11) is 0. The standard InChI is InChI=1S/C25H28N2O5/c1-2-9-20(15-23(29)26-22(16-28)19-12-7-4-8-13-19)24(30)27-21(17-32-25(27)31)14-18-10-5-3-6-11-18/h2-8,10-13,20-22,28H,1,9,14-17H2,(H,26,29)/t20-,21-,22-/m0/s1. The number of benzene rings is 2. The lowest BCUT2D eigenvalue weighted by Gasteiger charge is -2.25. The van der Waals surface area contributed by atoms with E-state index in [0.29, 0.717) is 6.42 Å². The fourth-order valence-corrected chi connectivity index (χ4v) is 3.83. The monoisotopic (exact) mass is 436 g/mol. The minimum absolute atomic E-state index is 0.118.